The number of hydrogen-bond donors (Lipinski definition) is 1. The number of aromatic nitrogens is 1. The van der Waals surface area contributed by atoms with E-state index in [1.165, 1.54) is 6.20 Å². The summed E-state index contributed by atoms with van der Waals surface area (Å²) in [4.78, 5) is 4.06. The molecule has 0 spiro atoms. The third-order valence-electron chi connectivity index (χ3n) is 2.52. The van der Waals surface area contributed by atoms with Gasteiger partial charge < -0.3 is 15.0 Å². The van der Waals surface area contributed by atoms with Gasteiger partial charge in [-0.25, -0.2) is 8.42 Å². The number of benzene rings is 1. The molecule has 0 aliphatic rings. The Labute approximate surface area is 112 Å². The van der Waals surface area contributed by atoms with Crippen molar-refractivity contribution in [1.29, 1.82) is 0 Å². The fourth-order valence-corrected chi connectivity index (χ4v) is 2.56. The average Bonchev–Trinajstić information content (AvgIpc) is 2.40. The maximum atomic E-state index is 12.1. The van der Waals surface area contributed by atoms with E-state index in [-0.39, 0.29) is 10.7 Å². The highest BCUT2D eigenvalue weighted by Gasteiger charge is 2.09. The topological polar surface area (TPSA) is 77.7 Å². The Morgan fingerprint density at radius 2 is 1.89 bits per heavy atom. The maximum absolute atomic E-state index is 12.1. The first-order valence-corrected chi connectivity index (χ1v) is 7.31. The molecule has 100 valence electrons. The van der Waals surface area contributed by atoms with E-state index in [4.69, 9.17) is 0 Å². The predicted molar refractivity (Wildman–Crippen MR) is 72.4 cm³/mol. The molecule has 0 saturated carbocycles. The molecule has 19 heavy (non-hydrogen) atoms. The van der Waals surface area contributed by atoms with E-state index in [1.807, 2.05) is 12.4 Å². The number of hydrogen-bond acceptors (Lipinski definition) is 3. The Bertz CT molecular complexity index is 625. The summed E-state index contributed by atoms with van der Waals surface area (Å²) in [7, 11) is -1.73. The van der Waals surface area contributed by atoms with Crippen molar-refractivity contribution >= 4 is 15.8 Å². The largest absolute Gasteiger partial charge is 0.442 e. The predicted octanol–water partition coefficient (Wildman–Crippen LogP) is 1.17. The van der Waals surface area contributed by atoms with E-state index in [0.717, 1.165) is 12.1 Å². The molecule has 0 atom stereocenters. The molecule has 0 fully saturated rings. The standard InChI is InChI=1S/C13H14N3O2S/c1-14-10-11-5-7-12(8-6-11)19(17,18)16-13-4-2-3-9-15-13/h2-9,14H,10H2,1H3/q-1/p+1. The first-order valence-electron chi connectivity index (χ1n) is 5.87. The first-order chi connectivity index (χ1) is 9.12. The second-order valence-electron chi connectivity index (χ2n) is 4.01. The molecule has 0 bridgehead atoms. The van der Waals surface area contributed by atoms with E-state index in [1.54, 1.807) is 42.5 Å². The molecule has 0 aliphatic carbocycles. The highest BCUT2D eigenvalue weighted by molar-refractivity contribution is 7.94. The van der Waals surface area contributed by atoms with Gasteiger partial charge >= 0.3 is 0 Å². The average molecular weight is 277 g/mol. The Kier molecular flexibility index (Phi) is 4.13. The molecule has 2 rings (SSSR count). The number of nitrogens with two attached hydrogens (primary N) is 1. The van der Waals surface area contributed by atoms with E-state index in [2.05, 4.69) is 9.71 Å². The van der Waals surface area contributed by atoms with Gasteiger partial charge in [0.25, 0.3) is 0 Å². The molecular formula is C13H15N3O2S. The lowest BCUT2D eigenvalue weighted by Crippen LogP contribution is -2.77. The molecule has 1 heterocycles. The van der Waals surface area contributed by atoms with Crippen molar-refractivity contribution < 1.29 is 13.7 Å². The van der Waals surface area contributed by atoms with Crippen molar-refractivity contribution in [2.24, 2.45) is 0 Å². The Morgan fingerprint density at radius 3 is 2.47 bits per heavy atom. The molecule has 0 saturated heterocycles. The molecule has 5 nitrogen and oxygen atoms in total. The van der Waals surface area contributed by atoms with E-state index < -0.39 is 10.0 Å². The van der Waals surface area contributed by atoms with Crippen molar-refractivity contribution in [3.8, 4) is 0 Å². The molecule has 2 aromatic rings. The Morgan fingerprint density at radius 1 is 1.16 bits per heavy atom. The van der Waals surface area contributed by atoms with Crippen LogP contribution in [0.3, 0.4) is 0 Å². The van der Waals surface area contributed by atoms with Crippen LogP contribution in [0.2, 0.25) is 0 Å². The van der Waals surface area contributed by atoms with Crippen LogP contribution in [-0.2, 0) is 16.6 Å². The molecule has 0 radical (unpaired) electrons. The highest BCUT2D eigenvalue weighted by atomic mass is 32.2. The van der Waals surface area contributed by atoms with Crippen molar-refractivity contribution in [1.82, 2.24) is 4.98 Å². The smallest absolute Gasteiger partial charge is 0.202 e. The van der Waals surface area contributed by atoms with Crippen molar-refractivity contribution in [3.63, 3.8) is 0 Å². The first kappa shape index (κ1) is 13.5. The maximum Gasteiger partial charge on any atom is 0.202 e. The van der Waals surface area contributed by atoms with E-state index >= 15 is 0 Å². The van der Waals surface area contributed by atoms with Crippen LogP contribution < -0.4 is 5.32 Å². The number of quaternary nitrogens is 1. The highest BCUT2D eigenvalue weighted by Crippen LogP contribution is 2.25. The van der Waals surface area contributed by atoms with E-state index in [0.29, 0.717) is 0 Å². The molecule has 0 unspecified atom stereocenters. The SMILES string of the molecule is C[NH2+]Cc1ccc(S(=O)(=O)[N-]c2ccccn2)cc1. The zero-order chi connectivity index (χ0) is 13.7. The molecule has 0 aliphatic heterocycles. The molecule has 1 aromatic carbocycles. The summed E-state index contributed by atoms with van der Waals surface area (Å²) in [6, 6.07) is 11.7. The van der Waals surface area contributed by atoms with Crippen LogP contribution in [0, 0.1) is 0 Å². The summed E-state index contributed by atoms with van der Waals surface area (Å²) < 4.78 is 27.8. The van der Waals surface area contributed by atoms with Crippen LogP contribution >= 0.6 is 0 Å². The van der Waals surface area contributed by atoms with Crippen LogP contribution in [-0.4, -0.2) is 20.4 Å². The quantitative estimate of drug-likeness (QED) is 0.891. The summed E-state index contributed by atoms with van der Waals surface area (Å²) in [6.07, 6.45) is 1.51. The number of rotatable bonds is 5. The number of pyridine rings is 1. The second kappa shape index (κ2) is 5.81. The lowest BCUT2D eigenvalue weighted by atomic mass is 10.2. The van der Waals surface area contributed by atoms with Gasteiger partial charge in [-0.15, -0.1) is 0 Å². The third kappa shape index (κ3) is 3.52. The van der Waals surface area contributed by atoms with Gasteiger partial charge in [0.1, 0.15) is 6.54 Å². The molecule has 2 N–H and O–H groups in total. The Hall–Kier alpha value is -1.92. The van der Waals surface area contributed by atoms with Crippen LogP contribution in [0.1, 0.15) is 5.56 Å². The normalized spacial score (nSPS) is 11.2. The fourth-order valence-electron chi connectivity index (χ4n) is 1.62. The molecule has 1 aromatic heterocycles. The zero-order valence-corrected chi connectivity index (χ0v) is 11.3. The lowest BCUT2D eigenvalue weighted by Gasteiger charge is -2.14. The molecule has 6 heteroatoms. The van der Waals surface area contributed by atoms with Gasteiger partial charge in [-0.1, -0.05) is 36.5 Å². The van der Waals surface area contributed by atoms with Gasteiger partial charge in [0.2, 0.25) is 10.0 Å². The number of sulfonamides is 1. The van der Waals surface area contributed by atoms with Gasteiger partial charge in [-0.05, 0) is 18.0 Å². The Balaban J connectivity index is 2.20. The van der Waals surface area contributed by atoms with Gasteiger partial charge in [0.15, 0.2) is 0 Å². The van der Waals surface area contributed by atoms with Gasteiger partial charge in [-0.3, -0.25) is 0 Å². The lowest BCUT2D eigenvalue weighted by molar-refractivity contribution is -0.643. The third-order valence-corrected chi connectivity index (χ3v) is 3.82. The summed E-state index contributed by atoms with van der Waals surface area (Å²) in [6.45, 7) is 0.817. The monoisotopic (exact) mass is 277 g/mol. The van der Waals surface area contributed by atoms with Gasteiger partial charge in [0.05, 0.1) is 11.9 Å². The summed E-state index contributed by atoms with van der Waals surface area (Å²) in [5.41, 5.74) is 1.07. The molecular weight excluding hydrogens is 262 g/mol. The fraction of sp³-hybridized carbons (Fsp3) is 0.154. The van der Waals surface area contributed by atoms with Gasteiger partial charge in [0, 0.05) is 5.56 Å². The zero-order valence-electron chi connectivity index (χ0n) is 10.5. The van der Waals surface area contributed by atoms with Crippen molar-refractivity contribution in [3.05, 3.63) is 58.9 Å². The van der Waals surface area contributed by atoms with Crippen LogP contribution in [0.5, 0.6) is 0 Å². The minimum atomic E-state index is -3.69. The summed E-state index contributed by atoms with van der Waals surface area (Å²) in [5, 5.41) is 2.02. The summed E-state index contributed by atoms with van der Waals surface area (Å²) in [5.74, 6) is 0.188. The molecule has 0 amide bonds. The van der Waals surface area contributed by atoms with Crippen LogP contribution in [0.4, 0.5) is 5.82 Å². The van der Waals surface area contributed by atoms with Crippen LogP contribution in [0.15, 0.2) is 53.6 Å². The minimum Gasteiger partial charge on any atom is -0.442 e. The number of nitrogens with zero attached hydrogens (tertiary/aromatic N) is 2. The van der Waals surface area contributed by atoms with E-state index in [9.17, 15) is 8.42 Å². The van der Waals surface area contributed by atoms with Crippen molar-refractivity contribution in [2.75, 3.05) is 7.05 Å². The second-order valence-corrected chi connectivity index (χ2v) is 5.61. The minimum absolute atomic E-state index is 0.179. The van der Waals surface area contributed by atoms with Crippen LogP contribution in [0.25, 0.3) is 4.72 Å². The summed E-state index contributed by atoms with van der Waals surface area (Å²) >= 11 is 0. The van der Waals surface area contributed by atoms with Gasteiger partial charge in [-0.2, -0.15) is 0 Å². The van der Waals surface area contributed by atoms with Crippen molar-refractivity contribution in [2.45, 2.75) is 11.4 Å².